The fourth-order valence-electron chi connectivity index (χ4n) is 2.90. The van der Waals surface area contributed by atoms with E-state index >= 15 is 0 Å². The molecule has 1 aliphatic rings. The predicted molar refractivity (Wildman–Crippen MR) is 87.8 cm³/mol. The number of aromatic nitrogens is 1. The molecule has 5 nitrogen and oxygen atoms in total. The van der Waals surface area contributed by atoms with Crippen molar-refractivity contribution in [1.29, 1.82) is 0 Å². The average molecular weight is 352 g/mol. The lowest BCUT2D eigenvalue weighted by Crippen LogP contribution is -2.50. The summed E-state index contributed by atoms with van der Waals surface area (Å²) in [5, 5.41) is 8.51. The lowest BCUT2D eigenvalue weighted by Gasteiger charge is -2.33. The van der Waals surface area contributed by atoms with Gasteiger partial charge in [0.2, 0.25) is 0 Å². The number of thiazole rings is 1. The van der Waals surface area contributed by atoms with Gasteiger partial charge in [-0.05, 0) is 30.7 Å². The van der Waals surface area contributed by atoms with Crippen molar-refractivity contribution in [2.45, 2.75) is 24.9 Å². The third kappa shape index (κ3) is 3.61. The molecule has 4 N–H and O–H groups in total. The third-order valence-corrected chi connectivity index (χ3v) is 5.00. The molecular weight excluding hydrogens is 334 g/mol. The van der Waals surface area contributed by atoms with Gasteiger partial charge < -0.3 is 16.4 Å². The van der Waals surface area contributed by atoms with E-state index in [0.717, 1.165) is 19.0 Å². The number of nitrogens with two attached hydrogens (primary N) is 1. The number of benzene rings is 1. The maximum atomic E-state index is 13.5. The monoisotopic (exact) mass is 352 g/mol. The van der Waals surface area contributed by atoms with Gasteiger partial charge in [-0.15, -0.1) is 11.3 Å². The van der Waals surface area contributed by atoms with E-state index in [0.29, 0.717) is 29.4 Å². The van der Waals surface area contributed by atoms with Gasteiger partial charge in [0.1, 0.15) is 10.7 Å². The summed E-state index contributed by atoms with van der Waals surface area (Å²) in [4.78, 5) is 16.5. The van der Waals surface area contributed by atoms with Crippen LogP contribution in [0.25, 0.3) is 0 Å². The number of hydrogen-bond donors (Lipinski definition) is 3. The SMILES string of the molecule is NCc1nc(C(=O)NC2CNCCC2c2ccc(F)c(F)c2)cs1. The van der Waals surface area contributed by atoms with Crippen LogP contribution in [0.3, 0.4) is 0 Å². The van der Waals surface area contributed by atoms with Crippen LogP contribution in [0.1, 0.15) is 33.4 Å². The van der Waals surface area contributed by atoms with Crippen LogP contribution in [0.15, 0.2) is 23.6 Å². The largest absolute Gasteiger partial charge is 0.346 e. The summed E-state index contributed by atoms with van der Waals surface area (Å²) in [6.45, 7) is 1.60. The van der Waals surface area contributed by atoms with Crippen LogP contribution in [0, 0.1) is 11.6 Å². The average Bonchev–Trinajstić information content (AvgIpc) is 3.07. The van der Waals surface area contributed by atoms with Gasteiger partial charge in [0.15, 0.2) is 11.6 Å². The second-order valence-electron chi connectivity index (χ2n) is 5.68. The highest BCUT2D eigenvalue weighted by atomic mass is 32.1. The van der Waals surface area contributed by atoms with Crippen molar-refractivity contribution in [3.8, 4) is 0 Å². The first kappa shape index (κ1) is 16.9. The van der Waals surface area contributed by atoms with Gasteiger partial charge in [0.05, 0.1) is 0 Å². The van der Waals surface area contributed by atoms with Crippen molar-refractivity contribution in [2.75, 3.05) is 13.1 Å². The van der Waals surface area contributed by atoms with Crippen LogP contribution < -0.4 is 16.4 Å². The van der Waals surface area contributed by atoms with Crippen LogP contribution in [-0.4, -0.2) is 30.0 Å². The number of piperidine rings is 1. The van der Waals surface area contributed by atoms with Crippen molar-refractivity contribution >= 4 is 17.2 Å². The van der Waals surface area contributed by atoms with Gasteiger partial charge >= 0.3 is 0 Å². The summed E-state index contributed by atoms with van der Waals surface area (Å²) >= 11 is 1.34. The molecule has 2 aromatic rings. The first-order valence-electron chi connectivity index (χ1n) is 7.69. The number of halogens is 2. The van der Waals surface area contributed by atoms with E-state index in [-0.39, 0.29) is 17.9 Å². The molecule has 2 heterocycles. The molecular formula is C16H18F2N4OS. The number of carbonyl (C=O) groups is 1. The molecule has 0 spiro atoms. The molecule has 0 aliphatic carbocycles. The second kappa shape index (κ2) is 7.33. The lowest BCUT2D eigenvalue weighted by atomic mass is 9.86. The first-order chi connectivity index (χ1) is 11.6. The number of amides is 1. The Balaban J connectivity index is 1.76. The van der Waals surface area contributed by atoms with Crippen molar-refractivity contribution in [3.63, 3.8) is 0 Å². The highest BCUT2D eigenvalue weighted by molar-refractivity contribution is 7.09. The molecule has 2 atom stereocenters. The van der Waals surface area contributed by atoms with Gasteiger partial charge in [0.25, 0.3) is 5.91 Å². The summed E-state index contributed by atoms with van der Waals surface area (Å²) < 4.78 is 26.7. The predicted octanol–water partition coefficient (Wildman–Crippen LogP) is 1.76. The fraction of sp³-hybridized carbons (Fsp3) is 0.375. The number of carbonyl (C=O) groups excluding carboxylic acids is 1. The van der Waals surface area contributed by atoms with E-state index in [4.69, 9.17) is 5.73 Å². The minimum absolute atomic E-state index is 0.0853. The molecule has 2 unspecified atom stereocenters. The Morgan fingerprint density at radius 1 is 1.42 bits per heavy atom. The van der Waals surface area contributed by atoms with Crippen LogP contribution in [0.2, 0.25) is 0 Å². The van der Waals surface area contributed by atoms with Crippen LogP contribution in [-0.2, 0) is 6.54 Å². The van der Waals surface area contributed by atoms with Crippen molar-refractivity contribution < 1.29 is 13.6 Å². The Morgan fingerprint density at radius 2 is 2.25 bits per heavy atom. The maximum absolute atomic E-state index is 13.5. The molecule has 24 heavy (non-hydrogen) atoms. The summed E-state index contributed by atoms with van der Waals surface area (Å²) in [5.74, 6) is -2.11. The van der Waals surface area contributed by atoms with Gasteiger partial charge in [-0.1, -0.05) is 6.07 Å². The van der Waals surface area contributed by atoms with E-state index in [2.05, 4.69) is 15.6 Å². The molecule has 128 valence electrons. The van der Waals surface area contributed by atoms with E-state index in [1.54, 1.807) is 11.4 Å². The fourth-order valence-corrected chi connectivity index (χ4v) is 3.56. The van der Waals surface area contributed by atoms with E-state index in [1.165, 1.54) is 17.4 Å². The summed E-state index contributed by atoms with van der Waals surface area (Å²) in [6.07, 6.45) is 0.723. The Hall–Kier alpha value is -1.90. The number of rotatable bonds is 4. The zero-order valence-corrected chi connectivity index (χ0v) is 13.7. The Labute approximate surface area is 142 Å². The quantitative estimate of drug-likeness (QED) is 0.783. The van der Waals surface area contributed by atoms with Gasteiger partial charge in [-0.25, -0.2) is 13.8 Å². The summed E-state index contributed by atoms with van der Waals surface area (Å²) in [5.41, 5.74) is 6.52. The molecule has 1 aliphatic heterocycles. The van der Waals surface area contributed by atoms with Gasteiger partial charge in [-0.3, -0.25) is 4.79 Å². The van der Waals surface area contributed by atoms with Crippen molar-refractivity contribution in [3.05, 3.63) is 51.5 Å². The zero-order chi connectivity index (χ0) is 17.1. The molecule has 8 heteroatoms. The van der Waals surface area contributed by atoms with E-state index in [1.807, 2.05) is 0 Å². The number of nitrogens with one attached hydrogen (secondary N) is 2. The second-order valence-corrected chi connectivity index (χ2v) is 6.63. The minimum Gasteiger partial charge on any atom is -0.346 e. The molecule has 1 amide bonds. The highest BCUT2D eigenvalue weighted by Gasteiger charge is 2.29. The standard InChI is InChI=1S/C16H18F2N4OS/c17-11-2-1-9(5-12(11)18)10-3-4-20-7-13(10)22-16(23)14-8-24-15(6-19)21-14/h1-2,5,8,10,13,20H,3-4,6-7,19H2,(H,22,23). The number of nitrogens with zero attached hydrogens (tertiary/aromatic N) is 1. The van der Waals surface area contributed by atoms with Crippen molar-refractivity contribution in [1.82, 2.24) is 15.6 Å². The highest BCUT2D eigenvalue weighted by Crippen LogP contribution is 2.27. The molecule has 3 rings (SSSR count). The molecule has 0 radical (unpaired) electrons. The summed E-state index contributed by atoms with van der Waals surface area (Å²) in [6, 6.07) is 3.68. The molecule has 1 aromatic heterocycles. The maximum Gasteiger partial charge on any atom is 0.271 e. The van der Waals surface area contributed by atoms with Crippen LogP contribution >= 0.6 is 11.3 Å². The van der Waals surface area contributed by atoms with Crippen LogP contribution in [0.4, 0.5) is 8.78 Å². The molecule has 0 saturated carbocycles. The van der Waals surface area contributed by atoms with E-state index in [9.17, 15) is 13.6 Å². The third-order valence-electron chi connectivity index (χ3n) is 4.13. The topological polar surface area (TPSA) is 80.0 Å². The van der Waals surface area contributed by atoms with E-state index < -0.39 is 11.6 Å². The first-order valence-corrected chi connectivity index (χ1v) is 8.57. The zero-order valence-electron chi connectivity index (χ0n) is 12.9. The Bertz CT molecular complexity index is 737. The van der Waals surface area contributed by atoms with Gasteiger partial charge in [0, 0.05) is 30.4 Å². The molecule has 1 fully saturated rings. The van der Waals surface area contributed by atoms with Gasteiger partial charge in [-0.2, -0.15) is 0 Å². The smallest absolute Gasteiger partial charge is 0.271 e. The Kier molecular flexibility index (Phi) is 5.17. The Morgan fingerprint density at radius 3 is 2.96 bits per heavy atom. The molecule has 1 aromatic carbocycles. The lowest BCUT2D eigenvalue weighted by molar-refractivity contribution is 0.0920. The minimum atomic E-state index is -0.872. The summed E-state index contributed by atoms with van der Waals surface area (Å²) in [7, 11) is 0. The normalized spacial score (nSPS) is 20.8. The molecule has 1 saturated heterocycles. The van der Waals surface area contributed by atoms with Crippen LogP contribution in [0.5, 0.6) is 0 Å². The number of hydrogen-bond acceptors (Lipinski definition) is 5. The van der Waals surface area contributed by atoms with Crippen molar-refractivity contribution in [2.24, 2.45) is 5.73 Å². The molecule has 0 bridgehead atoms.